The molecular formula is C16H20N2O3S. The number of rotatable bonds is 6. The van der Waals surface area contributed by atoms with Crippen molar-refractivity contribution in [3.05, 3.63) is 39.3 Å². The third-order valence-electron chi connectivity index (χ3n) is 3.26. The van der Waals surface area contributed by atoms with E-state index < -0.39 is 0 Å². The predicted octanol–water partition coefficient (Wildman–Crippen LogP) is 2.64. The van der Waals surface area contributed by atoms with Crippen molar-refractivity contribution in [2.45, 2.75) is 26.8 Å². The van der Waals surface area contributed by atoms with Gasteiger partial charge < -0.3 is 14.8 Å². The summed E-state index contributed by atoms with van der Waals surface area (Å²) in [5.41, 5.74) is 1.86. The van der Waals surface area contributed by atoms with Crippen molar-refractivity contribution in [1.29, 1.82) is 0 Å². The van der Waals surface area contributed by atoms with E-state index in [4.69, 9.17) is 9.47 Å². The van der Waals surface area contributed by atoms with Gasteiger partial charge in [0.15, 0.2) is 11.5 Å². The van der Waals surface area contributed by atoms with E-state index in [0.29, 0.717) is 24.5 Å². The summed E-state index contributed by atoms with van der Waals surface area (Å²) >= 11 is 1.61. The second-order valence-electron chi connectivity index (χ2n) is 4.88. The first-order valence-corrected chi connectivity index (χ1v) is 7.75. The highest BCUT2D eigenvalue weighted by Gasteiger charge is 2.10. The molecule has 0 aliphatic carbocycles. The fourth-order valence-electron chi connectivity index (χ4n) is 2.15. The number of hydrogen-bond donors (Lipinski definition) is 1. The van der Waals surface area contributed by atoms with Crippen molar-refractivity contribution in [3.8, 4) is 11.5 Å². The first kappa shape index (κ1) is 16.3. The highest BCUT2D eigenvalue weighted by Crippen LogP contribution is 2.27. The first-order chi connectivity index (χ1) is 10.5. The topological polar surface area (TPSA) is 60.5 Å². The molecule has 0 bridgehead atoms. The summed E-state index contributed by atoms with van der Waals surface area (Å²) < 4.78 is 10.4. The van der Waals surface area contributed by atoms with Gasteiger partial charge in [0.05, 0.1) is 37.9 Å². The molecule has 0 unspecified atom stereocenters. The highest BCUT2D eigenvalue weighted by molar-refractivity contribution is 7.11. The lowest BCUT2D eigenvalue weighted by Crippen LogP contribution is -2.24. The molecule has 1 heterocycles. The Kier molecular flexibility index (Phi) is 5.38. The van der Waals surface area contributed by atoms with Gasteiger partial charge in [-0.05, 0) is 31.5 Å². The van der Waals surface area contributed by atoms with E-state index in [0.717, 1.165) is 21.1 Å². The van der Waals surface area contributed by atoms with Gasteiger partial charge in [-0.3, -0.25) is 4.79 Å². The van der Waals surface area contributed by atoms with Crippen molar-refractivity contribution < 1.29 is 14.3 Å². The Bertz CT molecular complexity index is 667. The molecule has 2 rings (SSSR count). The van der Waals surface area contributed by atoms with Gasteiger partial charge in [-0.25, -0.2) is 4.98 Å². The van der Waals surface area contributed by atoms with Crippen molar-refractivity contribution in [2.24, 2.45) is 0 Å². The fourth-order valence-corrected chi connectivity index (χ4v) is 3.03. The summed E-state index contributed by atoms with van der Waals surface area (Å²) in [6.07, 6.45) is 0.303. The third kappa shape index (κ3) is 3.98. The second kappa shape index (κ2) is 7.26. The van der Waals surface area contributed by atoms with Crippen LogP contribution in [0.15, 0.2) is 18.2 Å². The molecule has 1 N–H and O–H groups in total. The minimum absolute atomic E-state index is 0.0299. The van der Waals surface area contributed by atoms with Gasteiger partial charge in [0.1, 0.15) is 0 Å². The summed E-state index contributed by atoms with van der Waals surface area (Å²) in [6, 6.07) is 5.49. The molecule has 6 heteroatoms. The van der Waals surface area contributed by atoms with Crippen molar-refractivity contribution >= 4 is 17.2 Å². The van der Waals surface area contributed by atoms with Crippen LogP contribution >= 0.6 is 11.3 Å². The average molecular weight is 320 g/mol. The van der Waals surface area contributed by atoms with E-state index in [2.05, 4.69) is 10.3 Å². The smallest absolute Gasteiger partial charge is 0.224 e. The van der Waals surface area contributed by atoms with E-state index in [1.807, 2.05) is 26.0 Å². The zero-order valence-electron chi connectivity index (χ0n) is 13.2. The van der Waals surface area contributed by atoms with Crippen molar-refractivity contribution in [1.82, 2.24) is 10.3 Å². The third-order valence-corrected chi connectivity index (χ3v) is 4.33. The Morgan fingerprint density at radius 3 is 2.55 bits per heavy atom. The van der Waals surface area contributed by atoms with Crippen LogP contribution in [-0.2, 0) is 17.8 Å². The number of carbonyl (C=O) groups excluding carboxylic acids is 1. The first-order valence-electron chi connectivity index (χ1n) is 6.94. The number of amides is 1. The van der Waals surface area contributed by atoms with E-state index in [1.165, 1.54) is 0 Å². The molecule has 0 saturated heterocycles. The second-order valence-corrected chi connectivity index (χ2v) is 6.17. The summed E-state index contributed by atoms with van der Waals surface area (Å²) in [5, 5.41) is 3.94. The van der Waals surface area contributed by atoms with Crippen molar-refractivity contribution in [3.63, 3.8) is 0 Å². The van der Waals surface area contributed by atoms with Crippen LogP contribution in [0.4, 0.5) is 0 Å². The van der Waals surface area contributed by atoms with Gasteiger partial charge in [-0.15, -0.1) is 11.3 Å². The Morgan fingerprint density at radius 2 is 1.95 bits per heavy atom. The van der Waals surface area contributed by atoms with Crippen LogP contribution in [0, 0.1) is 13.8 Å². The summed E-state index contributed by atoms with van der Waals surface area (Å²) in [5.74, 6) is 1.25. The molecule has 0 atom stereocenters. The summed E-state index contributed by atoms with van der Waals surface area (Å²) in [7, 11) is 3.17. The van der Waals surface area contributed by atoms with Crippen LogP contribution in [-0.4, -0.2) is 25.1 Å². The maximum Gasteiger partial charge on any atom is 0.224 e. The average Bonchev–Trinajstić information content (AvgIpc) is 2.82. The fraction of sp³-hybridized carbons (Fsp3) is 0.375. The molecule has 0 saturated carbocycles. The molecule has 22 heavy (non-hydrogen) atoms. The lowest BCUT2D eigenvalue weighted by Gasteiger charge is -2.09. The largest absolute Gasteiger partial charge is 0.493 e. The molecule has 1 amide bonds. The number of aromatic nitrogens is 1. The molecule has 1 aromatic carbocycles. The molecule has 0 spiro atoms. The zero-order chi connectivity index (χ0) is 16.1. The van der Waals surface area contributed by atoms with Crippen LogP contribution in [0.2, 0.25) is 0 Å². The Labute approximate surface area is 134 Å². The molecule has 2 aromatic rings. The quantitative estimate of drug-likeness (QED) is 0.889. The normalized spacial score (nSPS) is 10.4. The van der Waals surface area contributed by atoms with Gasteiger partial charge >= 0.3 is 0 Å². The van der Waals surface area contributed by atoms with Crippen molar-refractivity contribution in [2.75, 3.05) is 14.2 Å². The minimum atomic E-state index is -0.0299. The van der Waals surface area contributed by atoms with E-state index in [-0.39, 0.29) is 5.91 Å². The Balaban J connectivity index is 1.96. The van der Waals surface area contributed by atoms with Gasteiger partial charge in [-0.2, -0.15) is 0 Å². The summed E-state index contributed by atoms with van der Waals surface area (Å²) in [6.45, 7) is 4.44. The van der Waals surface area contributed by atoms with Crippen LogP contribution in [0.1, 0.15) is 21.1 Å². The van der Waals surface area contributed by atoms with E-state index >= 15 is 0 Å². The zero-order valence-corrected chi connectivity index (χ0v) is 14.0. The number of ether oxygens (including phenoxy) is 2. The number of aryl methyl sites for hydroxylation is 2. The molecule has 1 aromatic heterocycles. The molecule has 0 fully saturated rings. The summed E-state index contributed by atoms with van der Waals surface area (Å²) in [4.78, 5) is 17.5. The van der Waals surface area contributed by atoms with Crippen LogP contribution < -0.4 is 14.8 Å². The lowest BCUT2D eigenvalue weighted by molar-refractivity contribution is -0.120. The van der Waals surface area contributed by atoms with E-state index in [9.17, 15) is 4.79 Å². The molecule has 0 radical (unpaired) electrons. The lowest BCUT2D eigenvalue weighted by atomic mass is 10.1. The van der Waals surface area contributed by atoms with E-state index in [1.54, 1.807) is 31.6 Å². The van der Waals surface area contributed by atoms with Gasteiger partial charge in [0.25, 0.3) is 0 Å². The Hall–Kier alpha value is -2.08. The maximum absolute atomic E-state index is 12.1. The predicted molar refractivity (Wildman–Crippen MR) is 86.7 cm³/mol. The van der Waals surface area contributed by atoms with Gasteiger partial charge in [0, 0.05) is 4.88 Å². The number of methoxy groups -OCH3 is 2. The monoisotopic (exact) mass is 320 g/mol. The van der Waals surface area contributed by atoms with Gasteiger partial charge in [-0.1, -0.05) is 6.07 Å². The molecular weight excluding hydrogens is 300 g/mol. The van der Waals surface area contributed by atoms with Crippen LogP contribution in [0.25, 0.3) is 0 Å². The SMILES string of the molecule is COc1ccc(CC(=O)NCc2sc(C)nc2C)cc1OC. The standard InChI is InChI=1S/C16H20N2O3S/c1-10-15(22-11(2)18-10)9-17-16(19)8-12-5-6-13(20-3)14(7-12)21-4/h5-7H,8-9H2,1-4H3,(H,17,19). The highest BCUT2D eigenvalue weighted by atomic mass is 32.1. The molecule has 0 aliphatic heterocycles. The molecule has 0 aliphatic rings. The number of thiazole rings is 1. The van der Waals surface area contributed by atoms with Crippen LogP contribution in [0.5, 0.6) is 11.5 Å². The maximum atomic E-state index is 12.1. The molecule has 5 nitrogen and oxygen atoms in total. The molecule has 118 valence electrons. The number of hydrogen-bond acceptors (Lipinski definition) is 5. The minimum Gasteiger partial charge on any atom is -0.493 e. The van der Waals surface area contributed by atoms with Crippen LogP contribution in [0.3, 0.4) is 0 Å². The number of benzene rings is 1. The Morgan fingerprint density at radius 1 is 1.23 bits per heavy atom. The number of nitrogens with zero attached hydrogens (tertiary/aromatic N) is 1. The number of nitrogens with one attached hydrogen (secondary N) is 1. The number of carbonyl (C=O) groups is 1. The van der Waals surface area contributed by atoms with Gasteiger partial charge in [0.2, 0.25) is 5.91 Å².